The minimum Gasteiger partial charge on any atom is -0.495 e. The zero-order valence-electron chi connectivity index (χ0n) is 19.4. The van der Waals surface area contributed by atoms with Crippen molar-refractivity contribution in [2.45, 2.75) is 38.3 Å². The maximum absolute atomic E-state index is 13.0. The van der Waals surface area contributed by atoms with Crippen LogP contribution in [0.5, 0.6) is 5.75 Å². The summed E-state index contributed by atoms with van der Waals surface area (Å²) in [6.07, 6.45) is 3.73. The molecule has 10 nitrogen and oxygen atoms in total. The van der Waals surface area contributed by atoms with Crippen molar-refractivity contribution in [3.8, 4) is 11.8 Å². The average Bonchev–Trinajstić information content (AvgIpc) is 3.40. The second-order valence-electron chi connectivity index (χ2n) is 9.09. The van der Waals surface area contributed by atoms with Crippen molar-refractivity contribution in [3.63, 3.8) is 0 Å². The highest BCUT2D eigenvalue weighted by molar-refractivity contribution is 5.96. The topological polar surface area (TPSA) is 128 Å². The summed E-state index contributed by atoms with van der Waals surface area (Å²) >= 11 is 0. The van der Waals surface area contributed by atoms with Crippen LogP contribution in [0, 0.1) is 11.3 Å². The van der Waals surface area contributed by atoms with Crippen molar-refractivity contribution in [3.05, 3.63) is 35.5 Å². The number of aromatic amines is 1. The van der Waals surface area contributed by atoms with E-state index in [-0.39, 0.29) is 17.6 Å². The molecule has 0 spiro atoms. The molecule has 1 aliphatic heterocycles. The van der Waals surface area contributed by atoms with E-state index in [4.69, 9.17) is 9.47 Å². The number of carbonyl (C=O) groups is 1. The molecule has 3 N–H and O–H groups in total. The van der Waals surface area contributed by atoms with E-state index in [1.54, 1.807) is 36.4 Å². The molecule has 10 heteroatoms. The van der Waals surface area contributed by atoms with Crippen molar-refractivity contribution in [1.29, 1.82) is 5.26 Å². The molecule has 3 heterocycles. The van der Waals surface area contributed by atoms with Gasteiger partial charge in [0.05, 0.1) is 36.5 Å². The van der Waals surface area contributed by atoms with E-state index in [2.05, 4.69) is 38.6 Å². The number of benzene rings is 1. The molecule has 1 unspecified atom stereocenters. The number of morpholine rings is 1. The van der Waals surface area contributed by atoms with Gasteiger partial charge in [0.2, 0.25) is 5.95 Å². The summed E-state index contributed by atoms with van der Waals surface area (Å²) in [5.41, 5.74) is 2.20. The van der Waals surface area contributed by atoms with Crippen LogP contribution < -0.4 is 15.4 Å². The lowest BCUT2D eigenvalue weighted by Crippen LogP contribution is -2.44. The largest absolute Gasteiger partial charge is 0.495 e. The maximum atomic E-state index is 13.0. The molecule has 2 aromatic heterocycles. The Morgan fingerprint density at radius 3 is 2.91 bits per heavy atom. The number of anilines is 3. The number of ether oxygens (including phenoxy) is 2. The Morgan fingerprint density at radius 1 is 1.38 bits per heavy atom. The van der Waals surface area contributed by atoms with Gasteiger partial charge in [-0.3, -0.25) is 4.79 Å². The number of nitriles is 1. The standard InChI is InChI=1S/C24H27N7O3/c1-14-13-31(8-9-34-14)22(32)15-4-5-17(18(10-15)33-3)27-23-28-20-19(16(11-25)12-26-20)21(29-23)30-24(2)6-7-24/h4-5,10,12,14H,6-9,13H2,1-3H3,(H3,26,27,28,29,30). The third kappa shape index (κ3) is 4.22. The fraction of sp³-hybridized carbons (Fsp3) is 0.417. The van der Waals surface area contributed by atoms with E-state index in [1.165, 1.54) is 0 Å². The van der Waals surface area contributed by atoms with Gasteiger partial charge in [-0.2, -0.15) is 15.2 Å². The van der Waals surface area contributed by atoms with Gasteiger partial charge in [0, 0.05) is 30.4 Å². The number of nitrogens with one attached hydrogen (secondary N) is 3. The average molecular weight is 462 g/mol. The van der Waals surface area contributed by atoms with E-state index in [0.29, 0.717) is 65.1 Å². The number of nitrogens with zero attached hydrogens (tertiary/aromatic N) is 4. The monoisotopic (exact) mass is 461 g/mol. The van der Waals surface area contributed by atoms with E-state index >= 15 is 0 Å². The van der Waals surface area contributed by atoms with Crippen LogP contribution in [-0.2, 0) is 4.74 Å². The first-order valence-corrected chi connectivity index (χ1v) is 11.3. The van der Waals surface area contributed by atoms with Gasteiger partial charge < -0.3 is 30.0 Å². The highest BCUT2D eigenvalue weighted by Crippen LogP contribution is 2.40. The number of hydrogen-bond acceptors (Lipinski definition) is 8. The molecule has 176 valence electrons. The van der Waals surface area contributed by atoms with Crippen molar-refractivity contribution in [2.24, 2.45) is 0 Å². The lowest BCUT2D eigenvalue weighted by atomic mass is 10.1. The molecule has 1 amide bonds. The van der Waals surface area contributed by atoms with Gasteiger partial charge in [0.25, 0.3) is 5.91 Å². The molecule has 5 rings (SSSR count). The van der Waals surface area contributed by atoms with Crippen LogP contribution in [-0.4, -0.2) is 64.2 Å². The molecule has 1 saturated carbocycles. The number of methoxy groups -OCH3 is 1. The molecule has 1 aliphatic carbocycles. The minimum absolute atomic E-state index is 0.0165. The molecule has 1 saturated heterocycles. The molecular weight excluding hydrogens is 434 g/mol. The molecule has 1 atom stereocenters. The lowest BCUT2D eigenvalue weighted by Gasteiger charge is -2.31. The summed E-state index contributed by atoms with van der Waals surface area (Å²) in [5, 5.41) is 16.8. The molecule has 34 heavy (non-hydrogen) atoms. The summed E-state index contributed by atoms with van der Waals surface area (Å²) in [4.78, 5) is 27.0. The Labute approximate surface area is 197 Å². The number of fused-ring (bicyclic) bond motifs is 1. The highest BCUT2D eigenvalue weighted by Gasteiger charge is 2.38. The van der Waals surface area contributed by atoms with Crippen molar-refractivity contribution in [1.82, 2.24) is 19.9 Å². The first-order chi connectivity index (χ1) is 16.4. The third-order valence-corrected chi connectivity index (χ3v) is 6.30. The van der Waals surface area contributed by atoms with Crippen LogP contribution in [0.15, 0.2) is 24.4 Å². The van der Waals surface area contributed by atoms with Gasteiger partial charge >= 0.3 is 0 Å². The smallest absolute Gasteiger partial charge is 0.254 e. The molecule has 2 fully saturated rings. The molecule has 1 aromatic carbocycles. The van der Waals surface area contributed by atoms with E-state index in [9.17, 15) is 10.1 Å². The van der Waals surface area contributed by atoms with Gasteiger partial charge in [0.1, 0.15) is 23.3 Å². The van der Waals surface area contributed by atoms with Crippen LogP contribution in [0.3, 0.4) is 0 Å². The summed E-state index contributed by atoms with van der Waals surface area (Å²) in [7, 11) is 1.56. The Balaban J connectivity index is 1.44. The zero-order valence-corrected chi connectivity index (χ0v) is 19.4. The van der Waals surface area contributed by atoms with Crippen LogP contribution in [0.2, 0.25) is 0 Å². The van der Waals surface area contributed by atoms with Gasteiger partial charge in [-0.15, -0.1) is 0 Å². The van der Waals surface area contributed by atoms with Crippen molar-refractivity contribution < 1.29 is 14.3 Å². The second kappa shape index (κ2) is 8.50. The van der Waals surface area contributed by atoms with Crippen LogP contribution >= 0.6 is 0 Å². The molecular formula is C24H27N7O3. The number of rotatable bonds is 6. The van der Waals surface area contributed by atoms with Crippen LogP contribution in [0.25, 0.3) is 11.0 Å². The summed E-state index contributed by atoms with van der Waals surface area (Å²) in [6.45, 7) is 5.74. The predicted molar refractivity (Wildman–Crippen MR) is 127 cm³/mol. The summed E-state index contributed by atoms with van der Waals surface area (Å²) in [5.74, 6) is 1.41. The van der Waals surface area contributed by atoms with Gasteiger partial charge in [0.15, 0.2) is 0 Å². The van der Waals surface area contributed by atoms with Crippen molar-refractivity contribution >= 4 is 34.4 Å². The minimum atomic E-state index is -0.0581. The number of carbonyl (C=O) groups excluding carboxylic acids is 1. The van der Waals surface area contributed by atoms with E-state index < -0.39 is 0 Å². The fourth-order valence-electron chi connectivity index (χ4n) is 4.10. The zero-order chi connectivity index (χ0) is 23.9. The van der Waals surface area contributed by atoms with E-state index in [1.807, 2.05) is 6.92 Å². The maximum Gasteiger partial charge on any atom is 0.254 e. The Morgan fingerprint density at radius 2 is 2.21 bits per heavy atom. The third-order valence-electron chi connectivity index (χ3n) is 6.30. The van der Waals surface area contributed by atoms with Crippen LogP contribution in [0.4, 0.5) is 17.5 Å². The highest BCUT2D eigenvalue weighted by atomic mass is 16.5. The van der Waals surface area contributed by atoms with Crippen LogP contribution in [0.1, 0.15) is 42.6 Å². The molecule has 3 aromatic rings. The number of amides is 1. The van der Waals surface area contributed by atoms with E-state index in [0.717, 1.165) is 12.8 Å². The molecule has 2 aliphatic rings. The quantitative estimate of drug-likeness (QED) is 0.509. The Kier molecular flexibility index (Phi) is 5.49. The Bertz CT molecular complexity index is 1290. The molecule has 0 bridgehead atoms. The van der Waals surface area contributed by atoms with Gasteiger partial charge in [-0.05, 0) is 44.9 Å². The first-order valence-electron chi connectivity index (χ1n) is 11.3. The fourth-order valence-corrected chi connectivity index (χ4v) is 4.10. The summed E-state index contributed by atoms with van der Waals surface area (Å²) in [6, 6.07) is 7.46. The number of H-pyrrole nitrogens is 1. The van der Waals surface area contributed by atoms with Gasteiger partial charge in [-0.1, -0.05) is 0 Å². The predicted octanol–water partition coefficient (Wildman–Crippen LogP) is 3.41. The summed E-state index contributed by atoms with van der Waals surface area (Å²) < 4.78 is 11.1. The Hall–Kier alpha value is -3.84. The second-order valence-corrected chi connectivity index (χ2v) is 9.09. The SMILES string of the molecule is COc1cc(C(=O)N2CCOC(C)C2)ccc1Nc1nc(NC2(C)CC2)c2c(C#N)c[nH]c2n1. The van der Waals surface area contributed by atoms with Gasteiger partial charge in [-0.25, -0.2) is 0 Å². The lowest BCUT2D eigenvalue weighted by molar-refractivity contribution is -0.0124. The normalized spacial score (nSPS) is 18.9. The molecule has 0 radical (unpaired) electrons. The number of aromatic nitrogens is 3. The first kappa shape index (κ1) is 22.0. The van der Waals surface area contributed by atoms with Crippen molar-refractivity contribution in [2.75, 3.05) is 37.4 Å². The number of hydrogen-bond donors (Lipinski definition) is 3.